The predicted octanol–water partition coefficient (Wildman–Crippen LogP) is 3.35. The van der Waals surface area contributed by atoms with Gasteiger partial charge in [-0.3, -0.25) is 19.3 Å². The molecule has 2 aromatic carbocycles. The number of nitrogens with one attached hydrogen (secondary N) is 1. The molecule has 2 aromatic rings. The van der Waals surface area contributed by atoms with Crippen molar-refractivity contribution < 1.29 is 14.4 Å². The first-order valence-electron chi connectivity index (χ1n) is 7.52. The van der Waals surface area contributed by atoms with Crippen LogP contribution in [-0.2, 0) is 16.1 Å². The summed E-state index contributed by atoms with van der Waals surface area (Å²) in [4.78, 5) is 36.7. The summed E-state index contributed by atoms with van der Waals surface area (Å²) in [6, 6.07) is 14.3. The summed E-state index contributed by atoms with van der Waals surface area (Å²) < 4.78 is 0.838. The van der Waals surface area contributed by atoms with Crippen molar-refractivity contribution in [3.05, 3.63) is 64.1 Å². The van der Waals surface area contributed by atoms with Crippen molar-refractivity contribution in [1.29, 1.82) is 0 Å². The molecule has 5 nitrogen and oxygen atoms in total. The smallest absolute Gasteiger partial charge is 0.255 e. The molecule has 1 aliphatic rings. The summed E-state index contributed by atoms with van der Waals surface area (Å²) in [6.07, 6.45) is 0.583. The molecule has 1 heterocycles. The molecule has 122 valence electrons. The van der Waals surface area contributed by atoms with Crippen molar-refractivity contribution in [2.24, 2.45) is 0 Å². The Morgan fingerprint density at radius 1 is 1.04 bits per heavy atom. The standard InChI is InChI=1S/C18H15BrN2O3/c19-14-3-1-2-13(10-14)18(24)20-15-6-4-12(5-7-15)11-21-16(22)8-9-17(21)23/h1-7,10H,8-9,11H2,(H,20,24). The molecule has 0 aliphatic carbocycles. The second-order valence-corrected chi connectivity index (χ2v) is 6.45. The van der Waals surface area contributed by atoms with Crippen LogP contribution in [-0.4, -0.2) is 22.6 Å². The van der Waals surface area contributed by atoms with Gasteiger partial charge in [-0.25, -0.2) is 0 Å². The van der Waals surface area contributed by atoms with E-state index in [9.17, 15) is 14.4 Å². The second kappa shape index (κ2) is 6.97. The quantitative estimate of drug-likeness (QED) is 0.819. The maximum atomic E-state index is 12.2. The molecule has 1 saturated heterocycles. The lowest BCUT2D eigenvalue weighted by molar-refractivity contribution is -0.139. The summed E-state index contributed by atoms with van der Waals surface area (Å²) >= 11 is 3.34. The molecule has 0 bridgehead atoms. The summed E-state index contributed by atoms with van der Waals surface area (Å²) in [5.41, 5.74) is 2.06. The zero-order valence-electron chi connectivity index (χ0n) is 12.8. The third-order valence-corrected chi connectivity index (χ3v) is 4.29. The van der Waals surface area contributed by atoms with Gasteiger partial charge in [-0.2, -0.15) is 0 Å². The van der Waals surface area contributed by atoms with Crippen LogP contribution in [0, 0.1) is 0 Å². The average Bonchev–Trinajstić information content (AvgIpc) is 2.88. The highest BCUT2D eigenvalue weighted by atomic mass is 79.9. The normalized spacial score (nSPS) is 14.1. The number of carbonyl (C=O) groups excluding carboxylic acids is 3. The molecule has 0 unspecified atom stereocenters. The number of hydrogen-bond donors (Lipinski definition) is 1. The number of nitrogens with zero attached hydrogens (tertiary/aromatic N) is 1. The Kier molecular flexibility index (Phi) is 4.76. The summed E-state index contributed by atoms with van der Waals surface area (Å²) in [6.45, 7) is 0.275. The minimum absolute atomic E-state index is 0.132. The van der Waals surface area contributed by atoms with Crippen molar-refractivity contribution in [3.63, 3.8) is 0 Å². The molecule has 6 heteroatoms. The van der Waals surface area contributed by atoms with Crippen LogP contribution in [0.4, 0.5) is 5.69 Å². The van der Waals surface area contributed by atoms with Gasteiger partial charge in [0.15, 0.2) is 0 Å². The number of anilines is 1. The highest BCUT2D eigenvalue weighted by Crippen LogP contribution is 2.18. The Balaban J connectivity index is 1.65. The number of amides is 3. The highest BCUT2D eigenvalue weighted by molar-refractivity contribution is 9.10. The van der Waals surface area contributed by atoms with Crippen molar-refractivity contribution in [3.8, 4) is 0 Å². The first-order chi connectivity index (χ1) is 11.5. The van der Waals surface area contributed by atoms with Gasteiger partial charge in [0.2, 0.25) is 11.8 Å². The van der Waals surface area contributed by atoms with Crippen LogP contribution in [0.15, 0.2) is 53.0 Å². The lowest BCUT2D eigenvalue weighted by atomic mass is 10.1. The zero-order valence-corrected chi connectivity index (χ0v) is 14.4. The Morgan fingerprint density at radius 2 is 1.71 bits per heavy atom. The molecule has 3 rings (SSSR count). The Bertz CT molecular complexity index is 786. The average molecular weight is 387 g/mol. The lowest BCUT2D eigenvalue weighted by Gasteiger charge is -2.14. The van der Waals surface area contributed by atoms with Crippen molar-refractivity contribution in [1.82, 2.24) is 4.90 Å². The van der Waals surface area contributed by atoms with E-state index in [1.165, 1.54) is 4.90 Å². The first-order valence-corrected chi connectivity index (χ1v) is 8.31. The Hall–Kier alpha value is -2.47. The molecule has 24 heavy (non-hydrogen) atoms. The van der Waals surface area contributed by atoms with Gasteiger partial charge in [0.1, 0.15) is 0 Å². The minimum atomic E-state index is -0.200. The third-order valence-electron chi connectivity index (χ3n) is 3.79. The molecular formula is C18H15BrN2O3. The van der Waals surface area contributed by atoms with Gasteiger partial charge in [-0.15, -0.1) is 0 Å². The van der Waals surface area contributed by atoms with E-state index >= 15 is 0 Å². The van der Waals surface area contributed by atoms with E-state index in [1.54, 1.807) is 42.5 Å². The summed E-state index contributed by atoms with van der Waals surface area (Å²) in [5, 5.41) is 2.82. The number of carbonyl (C=O) groups is 3. The number of rotatable bonds is 4. The van der Waals surface area contributed by atoms with E-state index in [0.717, 1.165) is 10.0 Å². The van der Waals surface area contributed by atoms with E-state index in [-0.39, 0.29) is 24.3 Å². The Morgan fingerprint density at radius 3 is 2.33 bits per heavy atom. The molecule has 0 radical (unpaired) electrons. The van der Waals surface area contributed by atoms with Crippen LogP contribution in [0.1, 0.15) is 28.8 Å². The van der Waals surface area contributed by atoms with Crippen molar-refractivity contribution >= 4 is 39.3 Å². The number of halogens is 1. The molecule has 1 N–H and O–H groups in total. The minimum Gasteiger partial charge on any atom is -0.322 e. The van der Waals surface area contributed by atoms with Crippen LogP contribution in [0.25, 0.3) is 0 Å². The molecular weight excluding hydrogens is 372 g/mol. The second-order valence-electron chi connectivity index (χ2n) is 5.54. The molecule has 0 saturated carbocycles. The van der Waals surface area contributed by atoms with Gasteiger partial charge >= 0.3 is 0 Å². The number of imide groups is 1. The van der Waals surface area contributed by atoms with E-state index in [4.69, 9.17) is 0 Å². The van der Waals surface area contributed by atoms with E-state index in [2.05, 4.69) is 21.2 Å². The van der Waals surface area contributed by atoms with Crippen LogP contribution in [0.3, 0.4) is 0 Å². The Labute approximate surface area is 147 Å². The molecule has 3 amide bonds. The lowest BCUT2D eigenvalue weighted by Crippen LogP contribution is -2.28. The van der Waals surface area contributed by atoms with E-state index in [1.807, 2.05) is 6.07 Å². The van der Waals surface area contributed by atoms with Crippen LogP contribution in [0.5, 0.6) is 0 Å². The largest absolute Gasteiger partial charge is 0.322 e. The topological polar surface area (TPSA) is 66.5 Å². The molecule has 1 aliphatic heterocycles. The van der Waals surface area contributed by atoms with Gasteiger partial charge in [-0.1, -0.05) is 34.1 Å². The van der Waals surface area contributed by atoms with Gasteiger partial charge in [0.25, 0.3) is 5.91 Å². The molecule has 0 spiro atoms. The highest BCUT2D eigenvalue weighted by Gasteiger charge is 2.28. The summed E-state index contributed by atoms with van der Waals surface area (Å²) in [5.74, 6) is -0.465. The monoisotopic (exact) mass is 386 g/mol. The fourth-order valence-electron chi connectivity index (χ4n) is 2.51. The molecule has 0 atom stereocenters. The molecule has 1 fully saturated rings. The summed E-state index contributed by atoms with van der Waals surface area (Å²) in [7, 11) is 0. The van der Waals surface area contributed by atoms with Crippen LogP contribution < -0.4 is 5.32 Å². The van der Waals surface area contributed by atoms with Gasteiger partial charge < -0.3 is 5.32 Å². The number of likely N-dealkylation sites (tertiary alicyclic amines) is 1. The van der Waals surface area contributed by atoms with Gasteiger partial charge in [0.05, 0.1) is 6.54 Å². The van der Waals surface area contributed by atoms with E-state index in [0.29, 0.717) is 24.1 Å². The molecule has 0 aromatic heterocycles. The fraction of sp³-hybridized carbons (Fsp3) is 0.167. The van der Waals surface area contributed by atoms with Gasteiger partial charge in [0, 0.05) is 28.6 Å². The first kappa shape index (κ1) is 16.4. The maximum Gasteiger partial charge on any atom is 0.255 e. The zero-order chi connectivity index (χ0) is 17.1. The van der Waals surface area contributed by atoms with Gasteiger partial charge in [-0.05, 0) is 35.9 Å². The van der Waals surface area contributed by atoms with Crippen molar-refractivity contribution in [2.75, 3.05) is 5.32 Å². The maximum absolute atomic E-state index is 12.2. The third kappa shape index (κ3) is 3.71. The van der Waals surface area contributed by atoms with Crippen LogP contribution >= 0.6 is 15.9 Å². The number of hydrogen-bond acceptors (Lipinski definition) is 3. The van der Waals surface area contributed by atoms with E-state index < -0.39 is 0 Å². The SMILES string of the molecule is O=C(Nc1ccc(CN2C(=O)CCC2=O)cc1)c1cccc(Br)c1. The predicted molar refractivity (Wildman–Crippen MR) is 93.3 cm³/mol. The fourth-order valence-corrected chi connectivity index (χ4v) is 2.91. The number of benzene rings is 2. The van der Waals surface area contributed by atoms with Crippen LogP contribution in [0.2, 0.25) is 0 Å². The van der Waals surface area contributed by atoms with Crippen molar-refractivity contribution in [2.45, 2.75) is 19.4 Å².